The maximum absolute atomic E-state index is 2.56. The fourth-order valence-electron chi connectivity index (χ4n) is 2.75. The van der Waals surface area contributed by atoms with Crippen molar-refractivity contribution in [1.29, 1.82) is 0 Å². The van der Waals surface area contributed by atoms with Gasteiger partial charge in [-0.05, 0) is 50.5 Å². The van der Waals surface area contributed by atoms with Gasteiger partial charge in [0.1, 0.15) is 0 Å². The Balaban J connectivity index is 2.14. The summed E-state index contributed by atoms with van der Waals surface area (Å²) in [7, 11) is 0. The van der Waals surface area contributed by atoms with Gasteiger partial charge >= 0.3 is 0 Å². The van der Waals surface area contributed by atoms with Gasteiger partial charge in [0.25, 0.3) is 0 Å². The van der Waals surface area contributed by atoms with E-state index in [-0.39, 0.29) is 0 Å². The standard InChI is InChI=1S/C15H20I2/c16-15(17)11-14(12-7-3-1-4-8-12)13-9-5-2-6-10-13/h3,7-9,14-15H,1-2,4-6,10-11H2. The lowest BCUT2D eigenvalue weighted by atomic mass is 9.81. The third-order valence-electron chi connectivity index (χ3n) is 3.61. The van der Waals surface area contributed by atoms with E-state index in [4.69, 9.17) is 0 Å². The Morgan fingerprint density at radius 3 is 2.53 bits per heavy atom. The van der Waals surface area contributed by atoms with Crippen molar-refractivity contribution in [2.75, 3.05) is 0 Å². The molecule has 0 fully saturated rings. The monoisotopic (exact) mass is 454 g/mol. The van der Waals surface area contributed by atoms with Crippen molar-refractivity contribution in [1.82, 2.24) is 0 Å². The van der Waals surface area contributed by atoms with E-state index in [1.54, 1.807) is 11.1 Å². The molecule has 17 heavy (non-hydrogen) atoms. The van der Waals surface area contributed by atoms with Crippen LogP contribution in [0.5, 0.6) is 0 Å². The van der Waals surface area contributed by atoms with Crippen LogP contribution in [-0.4, -0.2) is 1.93 Å². The minimum Gasteiger partial charge on any atom is -0.0847 e. The molecule has 0 saturated heterocycles. The van der Waals surface area contributed by atoms with E-state index in [0.29, 0.717) is 5.92 Å². The van der Waals surface area contributed by atoms with Crippen molar-refractivity contribution in [2.45, 2.75) is 46.9 Å². The molecule has 0 nitrogen and oxygen atoms in total. The van der Waals surface area contributed by atoms with Crippen molar-refractivity contribution >= 4 is 45.2 Å². The first-order chi connectivity index (χ1) is 8.27. The zero-order valence-corrected chi connectivity index (χ0v) is 14.5. The van der Waals surface area contributed by atoms with Crippen LogP contribution in [0.25, 0.3) is 0 Å². The molecular weight excluding hydrogens is 434 g/mol. The van der Waals surface area contributed by atoms with Crippen LogP contribution in [-0.2, 0) is 0 Å². The van der Waals surface area contributed by atoms with Crippen LogP contribution < -0.4 is 0 Å². The molecule has 0 heterocycles. The number of allylic oxidation sites excluding steroid dienone is 6. The largest absolute Gasteiger partial charge is 0.0847 e. The molecule has 0 aromatic carbocycles. The molecule has 0 N–H and O–H groups in total. The average molecular weight is 454 g/mol. The Kier molecular flexibility index (Phi) is 6.06. The smallest absolute Gasteiger partial charge is 0.0635 e. The topological polar surface area (TPSA) is 0 Å². The summed E-state index contributed by atoms with van der Waals surface area (Å²) in [5, 5.41) is 0. The van der Waals surface area contributed by atoms with Gasteiger partial charge in [-0.25, -0.2) is 0 Å². The van der Waals surface area contributed by atoms with Gasteiger partial charge in [0.15, 0.2) is 0 Å². The lowest BCUT2D eigenvalue weighted by molar-refractivity contribution is 0.597. The van der Waals surface area contributed by atoms with Crippen molar-refractivity contribution in [3.05, 3.63) is 35.5 Å². The molecule has 2 aliphatic carbocycles. The predicted octanol–water partition coefficient (Wildman–Crippen LogP) is 5.97. The van der Waals surface area contributed by atoms with Gasteiger partial charge < -0.3 is 0 Å². The van der Waals surface area contributed by atoms with E-state index < -0.39 is 0 Å². The summed E-state index contributed by atoms with van der Waals surface area (Å²) in [5.74, 6) is 0.700. The van der Waals surface area contributed by atoms with Gasteiger partial charge in [0.05, 0.1) is 1.93 Å². The Morgan fingerprint density at radius 2 is 1.94 bits per heavy atom. The highest BCUT2D eigenvalue weighted by molar-refractivity contribution is 14.2. The number of hydrogen-bond acceptors (Lipinski definition) is 0. The van der Waals surface area contributed by atoms with Gasteiger partial charge in [-0.15, -0.1) is 0 Å². The summed E-state index contributed by atoms with van der Waals surface area (Å²) in [6, 6.07) is 0. The summed E-state index contributed by atoms with van der Waals surface area (Å²) in [6.45, 7) is 0. The van der Waals surface area contributed by atoms with Gasteiger partial charge in [-0.2, -0.15) is 0 Å². The predicted molar refractivity (Wildman–Crippen MR) is 92.9 cm³/mol. The summed E-state index contributed by atoms with van der Waals surface area (Å²) in [4.78, 5) is 0. The van der Waals surface area contributed by atoms with Gasteiger partial charge in [-0.3, -0.25) is 0 Å². The SMILES string of the molecule is IC(I)CC(C1=CCCC=C1)C1=CCCCC1. The molecular formula is C15H20I2. The van der Waals surface area contributed by atoms with Crippen LogP contribution in [0.3, 0.4) is 0 Å². The number of hydrogen-bond donors (Lipinski definition) is 0. The van der Waals surface area contributed by atoms with Crippen LogP contribution >= 0.6 is 45.2 Å². The normalized spacial score (nSPS) is 22.3. The molecule has 1 atom stereocenters. The molecule has 2 rings (SSSR count). The van der Waals surface area contributed by atoms with Crippen molar-refractivity contribution in [2.24, 2.45) is 5.92 Å². The molecule has 2 heteroatoms. The second-order valence-electron chi connectivity index (χ2n) is 4.89. The molecule has 0 amide bonds. The van der Waals surface area contributed by atoms with Gasteiger partial charge in [0.2, 0.25) is 0 Å². The fraction of sp³-hybridized carbons (Fsp3) is 0.600. The summed E-state index contributed by atoms with van der Waals surface area (Å²) in [6.07, 6.45) is 18.9. The summed E-state index contributed by atoms with van der Waals surface area (Å²) in [5.41, 5.74) is 3.30. The first-order valence-corrected chi connectivity index (χ1v) is 9.10. The molecule has 0 aromatic heterocycles. The Morgan fingerprint density at radius 1 is 1.06 bits per heavy atom. The highest BCUT2D eigenvalue weighted by atomic mass is 127. The minimum atomic E-state index is 0.700. The zero-order chi connectivity index (χ0) is 12.1. The van der Waals surface area contributed by atoms with Crippen molar-refractivity contribution < 1.29 is 0 Å². The first-order valence-electron chi connectivity index (χ1n) is 6.61. The molecule has 0 aromatic rings. The Hall–Kier alpha value is 0.680. The zero-order valence-electron chi connectivity index (χ0n) is 10.2. The number of halogens is 2. The van der Waals surface area contributed by atoms with Crippen LogP contribution in [0.1, 0.15) is 44.9 Å². The highest BCUT2D eigenvalue weighted by Crippen LogP contribution is 2.37. The van der Waals surface area contributed by atoms with E-state index in [0.717, 1.165) is 1.93 Å². The Labute approximate surface area is 132 Å². The van der Waals surface area contributed by atoms with E-state index in [2.05, 4.69) is 69.5 Å². The van der Waals surface area contributed by atoms with Gasteiger partial charge in [0, 0.05) is 5.92 Å². The molecule has 0 aliphatic heterocycles. The van der Waals surface area contributed by atoms with E-state index in [1.807, 2.05) is 0 Å². The third kappa shape index (κ3) is 4.37. The number of rotatable bonds is 4. The average Bonchev–Trinajstić information content (AvgIpc) is 2.38. The highest BCUT2D eigenvalue weighted by Gasteiger charge is 2.21. The van der Waals surface area contributed by atoms with Crippen molar-refractivity contribution in [3.8, 4) is 0 Å². The van der Waals surface area contributed by atoms with Crippen LogP contribution in [0, 0.1) is 5.92 Å². The second-order valence-corrected chi connectivity index (χ2v) is 10.3. The van der Waals surface area contributed by atoms with Crippen LogP contribution in [0.15, 0.2) is 35.5 Å². The van der Waals surface area contributed by atoms with E-state index in [1.165, 1.54) is 44.9 Å². The Bertz CT molecular complexity index is 337. The van der Waals surface area contributed by atoms with E-state index in [9.17, 15) is 0 Å². The van der Waals surface area contributed by atoms with Gasteiger partial charge in [-0.1, -0.05) is 75.1 Å². The first kappa shape index (κ1) is 14.1. The summed E-state index contributed by atoms with van der Waals surface area (Å²) < 4.78 is 0.731. The summed E-state index contributed by atoms with van der Waals surface area (Å²) >= 11 is 5.12. The lowest BCUT2D eigenvalue weighted by Crippen LogP contribution is -2.13. The maximum atomic E-state index is 2.56. The van der Waals surface area contributed by atoms with Crippen molar-refractivity contribution in [3.63, 3.8) is 0 Å². The quantitative estimate of drug-likeness (QED) is 0.279. The number of alkyl halides is 2. The maximum Gasteiger partial charge on any atom is 0.0635 e. The fourth-order valence-corrected chi connectivity index (χ4v) is 3.77. The third-order valence-corrected chi connectivity index (χ3v) is 4.63. The molecule has 2 aliphatic rings. The molecule has 0 radical (unpaired) electrons. The van der Waals surface area contributed by atoms with Crippen LogP contribution in [0.2, 0.25) is 0 Å². The molecule has 0 spiro atoms. The molecule has 94 valence electrons. The lowest BCUT2D eigenvalue weighted by Gasteiger charge is -2.26. The second kappa shape index (κ2) is 7.31. The minimum absolute atomic E-state index is 0.700. The molecule has 1 unspecified atom stereocenters. The van der Waals surface area contributed by atoms with Crippen LogP contribution in [0.4, 0.5) is 0 Å². The van der Waals surface area contributed by atoms with E-state index >= 15 is 0 Å². The molecule has 0 saturated carbocycles. The molecule has 0 bridgehead atoms.